The van der Waals surface area contributed by atoms with Crippen LogP contribution in [-0.4, -0.2) is 18.9 Å². The Kier molecular flexibility index (Phi) is 8.64. The zero-order valence-corrected chi connectivity index (χ0v) is 22.0. The highest BCUT2D eigenvalue weighted by Gasteiger charge is 2.21. The summed E-state index contributed by atoms with van der Waals surface area (Å²) in [4.78, 5) is 29.7. The van der Waals surface area contributed by atoms with Gasteiger partial charge >= 0.3 is 0 Å². The van der Waals surface area contributed by atoms with Crippen molar-refractivity contribution in [3.63, 3.8) is 0 Å². The molecule has 40 heavy (non-hydrogen) atoms. The highest BCUT2D eigenvalue weighted by Crippen LogP contribution is 2.34. The number of nitrogens with one attached hydrogen (secondary N) is 2. The van der Waals surface area contributed by atoms with Crippen molar-refractivity contribution in [1.82, 2.24) is 10.8 Å². The topological polar surface area (TPSA) is 67.4 Å². The molecule has 5 rings (SSSR count). The zero-order valence-electron chi connectivity index (χ0n) is 22.0. The fraction of sp³-hybridized carbons (Fsp3) is 0.0857. The van der Waals surface area contributed by atoms with Crippen LogP contribution < -0.4 is 15.6 Å². The van der Waals surface area contributed by atoms with Crippen molar-refractivity contribution >= 4 is 12.3 Å². The Bertz CT molecular complexity index is 1500. The van der Waals surface area contributed by atoms with Gasteiger partial charge in [0.25, 0.3) is 5.91 Å². The van der Waals surface area contributed by atoms with Crippen LogP contribution in [0.3, 0.4) is 0 Å². The van der Waals surface area contributed by atoms with Crippen LogP contribution in [0.1, 0.15) is 38.5 Å². The number of amides is 2. The molecule has 5 aromatic carbocycles. The maximum atomic E-state index is 13.4. The van der Waals surface area contributed by atoms with Crippen molar-refractivity contribution in [3.05, 3.63) is 161 Å². The fourth-order valence-corrected chi connectivity index (χ4v) is 4.86. The molecule has 198 valence electrons. The highest BCUT2D eigenvalue weighted by atomic mass is 16.7. The number of benzene rings is 5. The van der Waals surface area contributed by atoms with E-state index in [1.807, 2.05) is 66.7 Å². The van der Waals surface area contributed by atoms with E-state index < -0.39 is 0 Å². The van der Waals surface area contributed by atoms with Crippen LogP contribution >= 0.6 is 0 Å². The molecule has 5 nitrogen and oxygen atoms in total. The van der Waals surface area contributed by atoms with Crippen LogP contribution in [0.2, 0.25) is 0 Å². The van der Waals surface area contributed by atoms with Gasteiger partial charge in [-0.15, -0.1) is 0 Å². The smallest absolute Gasteiger partial charge is 0.255 e. The number of hydrogen-bond donors (Lipinski definition) is 2. The highest BCUT2D eigenvalue weighted by molar-refractivity contribution is 5.97. The number of hydrogen-bond acceptors (Lipinski definition) is 3. The second kappa shape index (κ2) is 13.1. The Hall–Kier alpha value is -5.16. The normalized spacial score (nSPS) is 10.6. The van der Waals surface area contributed by atoms with Crippen molar-refractivity contribution in [2.75, 3.05) is 6.54 Å². The van der Waals surface area contributed by atoms with Crippen LogP contribution in [-0.2, 0) is 11.2 Å². The monoisotopic (exact) mass is 526 g/mol. The van der Waals surface area contributed by atoms with Gasteiger partial charge in [-0.1, -0.05) is 121 Å². The van der Waals surface area contributed by atoms with Gasteiger partial charge in [-0.05, 0) is 51.9 Å². The van der Waals surface area contributed by atoms with Gasteiger partial charge in [-0.2, -0.15) is 5.48 Å². The van der Waals surface area contributed by atoms with Crippen molar-refractivity contribution < 1.29 is 14.4 Å². The van der Waals surface area contributed by atoms with Crippen molar-refractivity contribution in [2.24, 2.45) is 0 Å². The molecule has 0 radical (unpaired) electrons. The van der Waals surface area contributed by atoms with E-state index in [9.17, 15) is 9.59 Å². The van der Waals surface area contributed by atoms with E-state index in [0.29, 0.717) is 24.9 Å². The number of carbonyl (C=O) groups is 2. The molecular formula is C35H30N2O3. The van der Waals surface area contributed by atoms with Crippen molar-refractivity contribution in [3.8, 4) is 16.9 Å². The summed E-state index contributed by atoms with van der Waals surface area (Å²) in [7, 11) is 0. The molecule has 0 aliphatic carbocycles. The first-order chi connectivity index (χ1) is 19.7. The van der Waals surface area contributed by atoms with Gasteiger partial charge in [-0.3, -0.25) is 9.59 Å². The minimum absolute atomic E-state index is 0.0786. The van der Waals surface area contributed by atoms with Gasteiger partial charge < -0.3 is 10.2 Å². The Labute approximate surface area is 234 Å². The SMILES string of the molecule is O=CNOc1ccc(C(c2ccccc2)c2ccccc2)cc1C(=O)NCCc1ccc(-c2ccccc2)cc1. The second-order valence-corrected chi connectivity index (χ2v) is 9.42. The molecule has 0 heterocycles. The van der Waals surface area contributed by atoms with Crippen LogP contribution in [0.5, 0.6) is 5.75 Å². The molecule has 0 aromatic heterocycles. The Morgan fingerprint density at radius 2 is 1.25 bits per heavy atom. The molecular weight excluding hydrogens is 496 g/mol. The average molecular weight is 527 g/mol. The predicted molar refractivity (Wildman–Crippen MR) is 158 cm³/mol. The lowest BCUT2D eigenvalue weighted by Gasteiger charge is -2.20. The summed E-state index contributed by atoms with van der Waals surface area (Å²) in [6.45, 7) is 0.453. The molecule has 0 saturated heterocycles. The predicted octanol–water partition coefficient (Wildman–Crippen LogP) is 6.55. The lowest BCUT2D eigenvalue weighted by Crippen LogP contribution is -2.27. The van der Waals surface area contributed by atoms with Crippen molar-refractivity contribution in [1.29, 1.82) is 0 Å². The second-order valence-electron chi connectivity index (χ2n) is 9.42. The van der Waals surface area contributed by atoms with Crippen LogP contribution in [0.4, 0.5) is 0 Å². The lowest BCUT2D eigenvalue weighted by molar-refractivity contribution is -0.115. The molecule has 2 amide bonds. The largest absolute Gasteiger partial charge is 0.379 e. The first-order valence-electron chi connectivity index (χ1n) is 13.3. The third kappa shape index (κ3) is 6.45. The molecule has 0 fully saturated rings. The number of rotatable bonds is 11. The molecule has 0 atom stereocenters. The summed E-state index contributed by atoms with van der Waals surface area (Å²) in [5.74, 6) is -0.0732. The average Bonchev–Trinajstić information content (AvgIpc) is 3.02. The molecule has 0 saturated carbocycles. The van der Waals surface area contributed by atoms with E-state index >= 15 is 0 Å². The standard InChI is InChI=1S/C35H30N2O3/c38-25-37-40-33-21-20-31(34(29-12-6-2-7-13-29)30-14-8-3-9-15-30)24-32(33)35(39)36-23-22-26-16-18-28(19-17-26)27-10-4-1-5-11-27/h1-21,24-25,34H,22-23H2,(H,36,39)(H,37,38). The zero-order chi connectivity index (χ0) is 27.6. The summed E-state index contributed by atoms with van der Waals surface area (Å²) < 4.78 is 0. The molecule has 0 aliphatic heterocycles. The summed E-state index contributed by atoms with van der Waals surface area (Å²) in [6.07, 6.45) is 1.12. The van der Waals surface area contributed by atoms with E-state index in [2.05, 4.69) is 71.5 Å². The van der Waals surface area contributed by atoms with Gasteiger partial charge in [-0.25, -0.2) is 0 Å². The molecule has 5 heteroatoms. The third-order valence-electron chi connectivity index (χ3n) is 6.82. The van der Waals surface area contributed by atoms with E-state index in [1.165, 1.54) is 5.56 Å². The van der Waals surface area contributed by atoms with E-state index in [0.717, 1.165) is 27.8 Å². The molecule has 0 aliphatic rings. The Balaban J connectivity index is 1.35. The first kappa shape index (κ1) is 26.4. The van der Waals surface area contributed by atoms with E-state index in [1.54, 1.807) is 6.07 Å². The third-order valence-corrected chi connectivity index (χ3v) is 6.82. The van der Waals surface area contributed by atoms with E-state index in [-0.39, 0.29) is 17.6 Å². The van der Waals surface area contributed by atoms with Gasteiger partial charge in [0.05, 0.1) is 5.56 Å². The molecule has 5 aromatic rings. The van der Waals surface area contributed by atoms with Crippen LogP contribution in [0.25, 0.3) is 11.1 Å². The van der Waals surface area contributed by atoms with Gasteiger partial charge in [0.2, 0.25) is 6.41 Å². The molecule has 0 unspecified atom stereocenters. The molecule has 2 N–H and O–H groups in total. The maximum absolute atomic E-state index is 13.4. The summed E-state index contributed by atoms with van der Waals surface area (Å²) in [6, 6.07) is 44.4. The van der Waals surface area contributed by atoms with Crippen LogP contribution in [0.15, 0.2) is 133 Å². The molecule has 0 bridgehead atoms. The minimum atomic E-state index is -0.273. The van der Waals surface area contributed by atoms with Gasteiger partial charge in [0.1, 0.15) is 0 Å². The van der Waals surface area contributed by atoms with Crippen molar-refractivity contribution in [2.45, 2.75) is 12.3 Å². The van der Waals surface area contributed by atoms with Crippen LogP contribution in [0, 0.1) is 0 Å². The minimum Gasteiger partial charge on any atom is -0.379 e. The number of carbonyl (C=O) groups excluding carboxylic acids is 2. The Morgan fingerprint density at radius 1 is 0.675 bits per heavy atom. The summed E-state index contributed by atoms with van der Waals surface area (Å²) in [5, 5.41) is 3.02. The quantitative estimate of drug-likeness (QED) is 0.117. The lowest BCUT2D eigenvalue weighted by atomic mass is 9.84. The number of hydroxylamine groups is 1. The summed E-state index contributed by atoms with van der Waals surface area (Å²) in [5.41, 5.74) is 9.17. The first-order valence-corrected chi connectivity index (χ1v) is 13.3. The van der Waals surface area contributed by atoms with Gasteiger partial charge in [0.15, 0.2) is 5.75 Å². The molecule has 0 spiro atoms. The fourth-order valence-electron chi connectivity index (χ4n) is 4.86. The Morgan fingerprint density at radius 3 is 1.85 bits per heavy atom. The maximum Gasteiger partial charge on any atom is 0.255 e. The summed E-state index contributed by atoms with van der Waals surface area (Å²) >= 11 is 0. The van der Waals surface area contributed by atoms with E-state index in [4.69, 9.17) is 4.84 Å². The van der Waals surface area contributed by atoms with Gasteiger partial charge in [0, 0.05) is 12.5 Å².